The van der Waals surface area contributed by atoms with Gasteiger partial charge in [-0.25, -0.2) is 0 Å². The van der Waals surface area contributed by atoms with Crippen molar-refractivity contribution in [2.24, 2.45) is 0 Å². The second-order valence-electron chi connectivity index (χ2n) is 4.23. The topological polar surface area (TPSA) is 43.1 Å². The second kappa shape index (κ2) is 5.95. The molecule has 0 aliphatic rings. The summed E-state index contributed by atoms with van der Waals surface area (Å²) < 4.78 is 39.4. The Morgan fingerprint density at radius 1 is 1.00 bits per heavy atom. The van der Waals surface area contributed by atoms with Crippen molar-refractivity contribution in [2.45, 2.75) is 6.18 Å². The standard InChI is InChI=1S/C13H5Cl3F3NO2/c14-6-3-10(15)12(11(16)4-6)8-5-7(20(21)22)1-2-9(8)13(17,18)19/h1-5H. The molecule has 0 unspecified atom stereocenters. The van der Waals surface area contributed by atoms with Crippen molar-refractivity contribution in [3.05, 3.63) is 61.1 Å². The molecule has 22 heavy (non-hydrogen) atoms. The molecule has 0 spiro atoms. The third-order valence-corrected chi connectivity index (χ3v) is 3.61. The van der Waals surface area contributed by atoms with Crippen LogP contribution in [0.1, 0.15) is 5.56 Å². The van der Waals surface area contributed by atoms with E-state index in [1.807, 2.05) is 0 Å². The third kappa shape index (κ3) is 3.29. The maximum atomic E-state index is 13.1. The minimum absolute atomic E-state index is 0.136. The largest absolute Gasteiger partial charge is 0.417 e. The predicted octanol–water partition coefficient (Wildman–Crippen LogP) is 6.24. The molecule has 0 saturated carbocycles. The number of halogens is 6. The van der Waals surface area contributed by atoms with Gasteiger partial charge in [0.05, 0.1) is 20.5 Å². The highest BCUT2D eigenvalue weighted by atomic mass is 35.5. The molecule has 0 saturated heterocycles. The van der Waals surface area contributed by atoms with Gasteiger partial charge in [-0.2, -0.15) is 13.2 Å². The van der Waals surface area contributed by atoms with Gasteiger partial charge in [-0.3, -0.25) is 10.1 Å². The Hall–Kier alpha value is -1.50. The first kappa shape index (κ1) is 16.9. The predicted molar refractivity (Wildman–Crippen MR) is 78.6 cm³/mol. The third-order valence-electron chi connectivity index (χ3n) is 2.80. The van der Waals surface area contributed by atoms with E-state index >= 15 is 0 Å². The van der Waals surface area contributed by atoms with E-state index < -0.39 is 27.9 Å². The van der Waals surface area contributed by atoms with E-state index in [0.29, 0.717) is 6.07 Å². The van der Waals surface area contributed by atoms with E-state index in [1.54, 1.807) is 0 Å². The maximum absolute atomic E-state index is 13.1. The van der Waals surface area contributed by atoms with Gasteiger partial charge >= 0.3 is 6.18 Å². The molecule has 2 aromatic carbocycles. The van der Waals surface area contributed by atoms with Gasteiger partial charge in [0.2, 0.25) is 0 Å². The Labute approximate surface area is 137 Å². The number of rotatable bonds is 2. The number of nitrogens with zero attached hydrogens (tertiary/aromatic N) is 1. The van der Waals surface area contributed by atoms with E-state index in [4.69, 9.17) is 34.8 Å². The lowest BCUT2D eigenvalue weighted by Crippen LogP contribution is -2.08. The maximum Gasteiger partial charge on any atom is 0.417 e. The van der Waals surface area contributed by atoms with Gasteiger partial charge in [0.1, 0.15) is 0 Å². The molecule has 3 nitrogen and oxygen atoms in total. The highest BCUT2D eigenvalue weighted by Crippen LogP contribution is 2.44. The van der Waals surface area contributed by atoms with E-state index in [0.717, 1.165) is 12.1 Å². The summed E-state index contributed by atoms with van der Waals surface area (Å²) >= 11 is 17.6. The highest BCUT2D eigenvalue weighted by Gasteiger charge is 2.35. The minimum atomic E-state index is -4.73. The SMILES string of the molecule is O=[N+]([O-])c1ccc(C(F)(F)F)c(-c2c(Cl)cc(Cl)cc2Cl)c1. The smallest absolute Gasteiger partial charge is 0.258 e. The number of nitro benzene ring substituents is 1. The van der Waals surface area contributed by atoms with Crippen LogP contribution in [0.2, 0.25) is 15.1 Å². The molecule has 0 aliphatic heterocycles. The molecule has 0 amide bonds. The summed E-state index contributed by atoms with van der Waals surface area (Å²) in [5.74, 6) is 0. The highest BCUT2D eigenvalue weighted by molar-refractivity contribution is 6.41. The fourth-order valence-electron chi connectivity index (χ4n) is 1.90. The average Bonchev–Trinajstić information content (AvgIpc) is 2.35. The van der Waals surface area contributed by atoms with Crippen LogP contribution in [0.5, 0.6) is 0 Å². The van der Waals surface area contributed by atoms with Gasteiger partial charge in [-0.15, -0.1) is 0 Å². The van der Waals surface area contributed by atoms with Gasteiger partial charge in [0.15, 0.2) is 0 Å². The first-order valence-electron chi connectivity index (χ1n) is 5.62. The van der Waals surface area contributed by atoms with Crippen LogP contribution < -0.4 is 0 Å². The summed E-state index contributed by atoms with van der Waals surface area (Å²) in [6.45, 7) is 0. The number of hydrogen-bond acceptors (Lipinski definition) is 2. The number of hydrogen-bond donors (Lipinski definition) is 0. The van der Waals surface area contributed by atoms with Gasteiger partial charge in [-0.05, 0) is 18.2 Å². The fourth-order valence-corrected chi connectivity index (χ4v) is 2.92. The van der Waals surface area contributed by atoms with Crippen molar-refractivity contribution in [3.8, 4) is 11.1 Å². The molecule has 0 fully saturated rings. The molecular formula is C13H5Cl3F3NO2. The summed E-state index contributed by atoms with van der Waals surface area (Å²) in [5.41, 5.74) is -2.23. The molecule has 0 N–H and O–H groups in total. The Bertz CT molecular complexity index is 740. The van der Waals surface area contributed by atoms with Crippen LogP contribution in [0.15, 0.2) is 30.3 Å². The lowest BCUT2D eigenvalue weighted by Gasteiger charge is -2.15. The zero-order valence-electron chi connectivity index (χ0n) is 10.4. The summed E-state index contributed by atoms with van der Waals surface area (Å²) in [5, 5.41) is 10.7. The normalized spacial score (nSPS) is 11.5. The molecule has 116 valence electrons. The average molecular weight is 371 g/mol. The van der Waals surface area contributed by atoms with Crippen LogP contribution in [0, 0.1) is 10.1 Å². The van der Waals surface area contributed by atoms with Crippen LogP contribution in [-0.4, -0.2) is 4.92 Å². The number of nitro groups is 1. The summed E-state index contributed by atoms with van der Waals surface area (Å²) in [4.78, 5) is 10.0. The monoisotopic (exact) mass is 369 g/mol. The molecule has 0 aliphatic carbocycles. The summed E-state index contributed by atoms with van der Waals surface area (Å²) in [7, 11) is 0. The zero-order chi connectivity index (χ0) is 16.7. The van der Waals surface area contributed by atoms with E-state index in [1.165, 1.54) is 12.1 Å². The van der Waals surface area contributed by atoms with Crippen molar-refractivity contribution < 1.29 is 18.1 Å². The fraction of sp³-hybridized carbons (Fsp3) is 0.0769. The van der Waals surface area contributed by atoms with E-state index in [2.05, 4.69) is 0 Å². The summed E-state index contributed by atoms with van der Waals surface area (Å²) in [6.07, 6.45) is -4.73. The van der Waals surface area contributed by atoms with Crippen LogP contribution in [0.3, 0.4) is 0 Å². The molecule has 9 heteroatoms. The first-order valence-corrected chi connectivity index (χ1v) is 6.75. The molecule has 0 bridgehead atoms. The number of alkyl halides is 3. The van der Waals surface area contributed by atoms with Crippen molar-refractivity contribution >= 4 is 40.5 Å². The van der Waals surface area contributed by atoms with Crippen molar-refractivity contribution in [1.29, 1.82) is 0 Å². The van der Waals surface area contributed by atoms with Gasteiger partial charge < -0.3 is 0 Å². The quantitative estimate of drug-likeness (QED) is 0.464. The Kier molecular flexibility index (Phi) is 4.56. The zero-order valence-corrected chi connectivity index (χ0v) is 12.7. The van der Waals surface area contributed by atoms with Crippen molar-refractivity contribution in [1.82, 2.24) is 0 Å². The van der Waals surface area contributed by atoms with Crippen molar-refractivity contribution in [3.63, 3.8) is 0 Å². The molecule has 2 rings (SSSR count). The Morgan fingerprint density at radius 3 is 2.00 bits per heavy atom. The molecule has 0 radical (unpaired) electrons. The van der Waals surface area contributed by atoms with Crippen LogP contribution >= 0.6 is 34.8 Å². The molecule has 0 aromatic heterocycles. The van der Waals surface area contributed by atoms with Gasteiger partial charge in [0.25, 0.3) is 5.69 Å². The second-order valence-corrected chi connectivity index (χ2v) is 5.48. The minimum Gasteiger partial charge on any atom is -0.258 e. The molecule has 0 heterocycles. The Balaban J connectivity index is 2.83. The van der Waals surface area contributed by atoms with Crippen molar-refractivity contribution in [2.75, 3.05) is 0 Å². The Morgan fingerprint density at radius 2 is 1.55 bits per heavy atom. The molecular weight excluding hydrogens is 366 g/mol. The van der Waals surface area contributed by atoms with Crippen LogP contribution in [0.25, 0.3) is 11.1 Å². The molecule has 2 aromatic rings. The summed E-state index contributed by atoms with van der Waals surface area (Å²) in [6, 6.07) is 4.59. The van der Waals surface area contributed by atoms with E-state index in [-0.39, 0.29) is 20.6 Å². The van der Waals surface area contributed by atoms with Gasteiger partial charge in [-0.1, -0.05) is 34.8 Å². The number of non-ortho nitro benzene ring substituents is 1. The lowest BCUT2D eigenvalue weighted by molar-refractivity contribution is -0.384. The van der Waals surface area contributed by atoms with Gasteiger partial charge in [0, 0.05) is 28.3 Å². The first-order chi connectivity index (χ1) is 10.1. The molecule has 0 atom stereocenters. The van der Waals surface area contributed by atoms with E-state index in [9.17, 15) is 23.3 Å². The number of benzene rings is 2. The van der Waals surface area contributed by atoms with Crippen LogP contribution in [-0.2, 0) is 6.18 Å². The van der Waals surface area contributed by atoms with Crippen LogP contribution in [0.4, 0.5) is 18.9 Å². The lowest BCUT2D eigenvalue weighted by atomic mass is 9.98.